The van der Waals surface area contributed by atoms with Crippen LogP contribution in [-0.2, 0) is 4.79 Å². The summed E-state index contributed by atoms with van der Waals surface area (Å²) in [5.74, 6) is 0.588. The molecule has 0 radical (unpaired) electrons. The van der Waals surface area contributed by atoms with E-state index in [1.54, 1.807) is 0 Å². The second kappa shape index (κ2) is 2.97. The Labute approximate surface area is 61.5 Å². The highest BCUT2D eigenvalue weighted by atomic mass is 16.1. The van der Waals surface area contributed by atoms with Crippen molar-refractivity contribution in [2.45, 2.75) is 6.42 Å². The zero-order valence-electron chi connectivity index (χ0n) is 6.34. The van der Waals surface area contributed by atoms with Gasteiger partial charge in [0.25, 0.3) is 0 Å². The minimum absolute atomic E-state index is 0.225. The molecule has 0 saturated carbocycles. The second-order valence-corrected chi connectivity index (χ2v) is 2.88. The van der Waals surface area contributed by atoms with Gasteiger partial charge in [0, 0.05) is 12.5 Å². The molecule has 0 amide bonds. The fraction of sp³-hybridized carbons (Fsp3) is 0.625. The van der Waals surface area contributed by atoms with Gasteiger partial charge in [-0.15, -0.1) is 6.58 Å². The van der Waals surface area contributed by atoms with Crippen LogP contribution >= 0.6 is 0 Å². The van der Waals surface area contributed by atoms with Crippen LogP contribution in [0.2, 0.25) is 0 Å². The molecule has 56 valence electrons. The molecule has 1 aliphatic heterocycles. The van der Waals surface area contributed by atoms with Gasteiger partial charge in [0.1, 0.15) is 0 Å². The number of hydrogen-bond acceptors (Lipinski definition) is 2. The number of Topliss-reactive ketones (excluding diaryl/α,β-unsaturated/α-hetero) is 1. The summed E-state index contributed by atoms with van der Waals surface area (Å²) in [6.07, 6.45) is 2.66. The van der Waals surface area contributed by atoms with Crippen molar-refractivity contribution in [1.82, 2.24) is 4.90 Å². The molecule has 1 fully saturated rings. The van der Waals surface area contributed by atoms with Crippen LogP contribution in [0.4, 0.5) is 0 Å². The van der Waals surface area contributed by atoms with Gasteiger partial charge < -0.3 is 0 Å². The zero-order valence-corrected chi connectivity index (χ0v) is 6.34. The number of ketones is 1. The molecule has 0 N–H and O–H groups in total. The molecule has 0 aromatic rings. The van der Waals surface area contributed by atoms with E-state index >= 15 is 0 Å². The van der Waals surface area contributed by atoms with Crippen molar-refractivity contribution in [2.75, 3.05) is 20.1 Å². The molecule has 0 aromatic carbocycles. The first kappa shape index (κ1) is 7.48. The molecule has 2 heteroatoms. The first-order valence-corrected chi connectivity index (χ1v) is 3.56. The quantitative estimate of drug-likeness (QED) is 0.525. The Bertz CT molecular complexity index is 153. The first-order valence-electron chi connectivity index (χ1n) is 3.56. The van der Waals surface area contributed by atoms with E-state index in [4.69, 9.17) is 0 Å². The maximum Gasteiger partial charge on any atom is 0.151 e. The number of rotatable bonds is 2. The van der Waals surface area contributed by atoms with Crippen LogP contribution in [0.15, 0.2) is 12.7 Å². The number of hydrogen-bond donors (Lipinski definition) is 0. The van der Waals surface area contributed by atoms with Gasteiger partial charge in [-0.25, -0.2) is 0 Å². The summed E-state index contributed by atoms with van der Waals surface area (Å²) in [5.41, 5.74) is 0. The van der Waals surface area contributed by atoms with Crippen molar-refractivity contribution >= 4 is 5.78 Å². The van der Waals surface area contributed by atoms with Crippen LogP contribution in [0.5, 0.6) is 0 Å². The van der Waals surface area contributed by atoms with Crippen molar-refractivity contribution in [2.24, 2.45) is 5.92 Å². The van der Waals surface area contributed by atoms with Crippen molar-refractivity contribution in [3.05, 3.63) is 12.7 Å². The van der Waals surface area contributed by atoms with Gasteiger partial charge in [0.05, 0.1) is 6.54 Å². The summed E-state index contributed by atoms with van der Waals surface area (Å²) in [4.78, 5) is 13.1. The van der Waals surface area contributed by atoms with Crippen molar-refractivity contribution < 1.29 is 4.79 Å². The molecule has 10 heavy (non-hydrogen) atoms. The third-order valence-electron chi connectivity index (χ3n) is 1.86. The molecule has 0 aliphatic carbocycles. The summed E-state index contributed by atoms with van der Waals surface area (Å²) in [6, 6.07) is 0. The molecule has 0 bridgehead atoms. The van der Waals surface area contributed by atoms with Crippen LogP contribution in [0.25, 0.3) is 0 Å². The van der Waals surface area contributed by atoms with Crippen molar-refractivity contribution in [3.63, 3.8) is 0 Å². The molecule has 1 rings (SSSR count). The second-order valence-electron chi connectivity index (χ2n) is 2.88. The van der Waals surface area contributed by atoms with Crippen LogP contribution in [0.3, 0.4) is 0 Å². The number of carbonyl (C=O) groups is 1. The van der Waals surface area contributed by atoms with Gasteiger partial charge in [-0.2, -0.15) is 0 Å². The van der Waals surface area contributed by atoms with Gasteiger partial charge in [-0.1, -0.05) is 6.08 Å². The first-order chi connectivity index (χ1) is 4.74. The van der Waals surface area contributed by atoms with E-state index in [1.165, 1.54) is 0 Å². The van der Waals surface area contributed by atoms with Crippen LogP contribution in [-0.4, -0.2) is 30.8 Å². The smallest absolute Gasteiger partial charge is 0.151 e. The van der Waals surface area contributed by atoms with E-state index in [9.17, 15) is 4.79 Å². The average molecular weight is 139 g/mol. The summed E-state index contributed by atoms with van der Waals surface area (Å²) in [6.45, 7) is 5.14. The van der Waals surface area contributed by atoms with E-state index < -0.39 is 0 Å². The Balaban J connectivity index is 2.46. The highest BCUT2D eigenvalue weighted by Crippen LogP contribution is 2.14. The Morgan fingerprint density at radius 2 is 2.60 bits per heavy atom. The largest absolute Gasteiger partial charge is 0.298 e. The predicted octanol–water partition coefficient (Wildman–Crippen LogP) is 0.693. The maximum absolute atomic E-state index is 11.1. The molecule has 1 unspecified atom stereocenters. The summed E-state index contributed by atoms with van der Waals surface area (Å²) < 4.78 is 0. The monoisotopic (exact) mass is 139 g/mol. The van der Waals surface area contributed by atoms with Gasteiger partial charge in [0.2, 0.25) is 0 Å². The molecule has 0 spiro atoms. The summed E-state index contributed by atoms with van der Waals surface area (Å²) in [7, 11) is 1.97. The minimum Gasteiger partial charge on any atom is -0.298 e. The number of carbonyl (C=O) groups excluding carboxylic acids is 1. The van der Waals surface area contributed by atoms with Gasteiger partial charge in [0.15, 0.2) is 5.78 Å². The summed E-state index contributed by atoms with van der Waals surface area (Å²) >= 11 is 0. The molecular weight excluding hydrogens is 126 g/mol. The molecule has 1 saturated heterocycles. The zero-order chi connectivity index (χ0) is 7.56. The maximum atomic E-state index is 11.1. The number of likely N-dealkylation sites (tertiary alicyclic amines) is 1. The highest BCUT2D eigenvalue weighted by Gasteiger charge is 2.26. The van der Waals surface area contributed by atoms with Crippen LogP contribution < -0.4 is 0 Å². The molecule has 1 heterocycles. The van der Waals surface area contributed by atoms with E-state index in [-0.39, 0.29) is 5.92 Å². The topological polar surface area (TPSA) is 20.3 Å². The molecule has 1 atom stereocenters. The van der Waals surface area contributed by atoms with Gasteiger partial charge in [-0.05, 0) is 13.5 Å². The minimum atomic E-state index is 0.225. The SMILES string of the molecule is C=CCC1CN(C)CC1=O. The van der Waals surface area contributed by atoms with E-state index in [0.717, 1.165) is 13.0 Å². The van der Waals surface area contributed by atoms with E-state index in [0.29, 0.717) is 12.3 Å². The molecule has 1 aliphatic rings. The molecular formula is C8H13NO. The average Bonchev–Trinajstić information content (AvgIpc) is 2.13. The normalized spacial score (nSPS) is 27.3. The fourth-order valence-corrected chi connectivity index (χ4v) is 1.34. The predicted molar refractivity (Wildman–Crippen MR) is 40.8 cm³/mol. The summed E-state index contributed by atoms with van der Waals surface area (Å²) in [5, 5.41) is 0. The van der Waals surface area contributed by atoms with Crippen LogP contribution in [0.1, 0.15) is 6.42 Å². The standard InChI is InChI=1S/C8H13NO/c1-3-4-7-5-9(2)6-8(7)10/h3,7H,1,4-6H2,2H3. The Morgan fingerprint density at radius 1 is 1.90 bits per heavy atom. The number of allylic oxidation sites excluding steroid dienone is 1. The number of nitrogens with zero attached hydrogens (tertiary/aromatic N) is 1. The lowest BCUT2D eigenvalue weighted by molar-refractivity contribution is -0.119. The fourth-order valence-electron chi connectivity index (χ4n) is 1.34. The lowest BCUT2D eigenvalue weighted by Gasteiger charge is -2.04. The molecule has 2 nitrogen and oxygen atoms in total. The van der Waals surface area contributed by atoms with Crippen molar-refractivity contribution in [1.29, 1.82) is 0 Å². The highest BCUT2D eigenvalue weighted by molar-refractivity contribution is 5.85. The van der Waals surface area contributed by atoms with Crippen LogP contribution in [0, 0.1) is 5.92 Å². The Hall–Kier alpha value is -0.630. The van der Waals surface area contributed by atoms with E-state index in [1.807, 2.05) is 13.1 Å². The van der Waals surface area contributed by atoms with Crippen molar-refractivity contribution in [3.8, 4) is 0 Å². The lowest BCUT2D eigenvalue weighted by Crippen LogP contribution is -2.13. The number of likely N-dealkylation sites (N-methyl/N-ethyl adjacent to an activating group) is 1. The Kier molecular flexibility index (Phi) is 2.22. The third kappa shape index (κ3) is 1.45. The Morgan fingerprint density at radius 3 is 3.00 bits per heavy atom. The van der Waals surface area contributed by atoms with Gasteiger partial charge >= 0.3 is 0 Å². The van der Waals surface area contributed by atoms with E-state index in [2.05, 4.69) is 11.5 Å². The third-order valence-corrected chi connectivity index (χ3v) is 1.86. The van der Waals surface area contributed by atoms with Gasteiger partial charge in [-0.3, -0.25) is 9.69 Å². The lowest BCUT2D eigenvalue weighted by atomic mass is 10.0. The molecule has 0 aromatic heterocycles.